The molecule has 1 unspecified atom stereocenters. The molecule has 0 saturated carbocycles. The number of hydrogen-bond donors (Lipinski definition) is 2. The Morgan fingerprint density at radius 1 is 1.30 bits per heavy atom. The number of pyridine rings is 1. The van der Waals surface area contributed by atoms with Gasteiger partial charge in [0.25, 0.3) is 0 Å². The van der Waals surface area contributed by atoms with Crippen molar-refractivity contribution in [2.45, 2.75) is 58.3 Å². The number of nitrogens with two attached hydrogens (primary N) is 1. The van der Waals surface area contributed by atoms with E-state index >= 15 is 0 Å². The Balaban J connectivity index is 2.31. The Kier molecular flexibility index (Phi) is 3.84. The molecule has 1 saturated heterocycles. The second-order valence-electron chi connectivity index (χ2n) is 6.41. The number of aliphatic hydroxyl groups is 1. The molecule has 1 aliphatic heterocycles. The van der Waals surface area contributed by atoms with Crippen molar-refractivity contribution in [2.75, 3.05) is 5.73 Å². The van der Waals surface area contributed by atoms with Gasteiger partial charge in [-0.1, -0.05) is 0 Å². The number of rotatable bonds is 3. The van der Waals surface area contributed by atoms with E-state index in [1.807, 2.05) is 33.8 Å². The summed E-state index contributed by atoms with van der Waals surface area (Å²) in [6.07, 6.45) is 1.71. The van der Waals surface area contributed by atoms with Crippen molar-refractivity contribution in [3.8, 4) is 0 Å². The first kappa shape index (κ1) is 15.3. The van der Waals surface area contributed by atoms with Crippen LogP contribution in [0.1, 0.15) is 40.2 Å². The fraction of sp³-hybridized carbons (Fsp3) is 0.643. The number of hydrogen-bond acceptors (Lipinski definition) is 5. The molecule has 1 fully saturated rings. The normalized spacial score (nSPS) is 22.0. The van der Waals surface area contributed by atoms with E-state index in [-0.39, 0.29) is 0 Å². The van der Waals surface area contributed by atoms with E-state index < -0.39 is 24.4 Å². The standard InChI is InChI=1S/C14H23BN2O3/c1-9(18)8-10-6-7-17-12(11(10)16)15-19-13(2,3)14(4,5)20-15/h6-7,9,18H,8,16H2,1-5H3. The number of aliphatic hydroxyl groups excluding tert-OH is 1. The minimum Gasteiger partial charge on any atom is -0.398 e. The second kappa shape index (κ2) is 5.02. The summed E-state index contributed by atoms with van der Waals surface area (Å²) in [5.41, 5.74) is 7.29. The molecule has 20 heavy (non-hydrogen) atoms. The van der Waals surface area contributed by atoms with E-state index in [4.69, 9.17) is 15.0 Å². The van der Waals surface area contributed by atoms with Crippen molar-refractivity contribution >= 4 is 18.4 Å². The van der Waals surface area contributed by atoms with E-state index in [0.717, 1.165) is 5.56 Å². The maximum atomic E-state index is 9.51. The van der Waals surface area contributed by atoms with E-state index in [9.17, 15) is 5.11 Å². The van der Waals surface area contributed by atoms with E-state index in [0.29, 0.717) is 17.7 Å². The third-order valence-corrected chi connectivity index (χ3v) is 4.10. The SMILES string of the molecule is CC(O)Cc1ccnc(B2OC(C)(C)C(C)(C)O2)c1N. The lowest BCUT2D eigenvalue weighted by molar-refractivity contribution is 0.00578. The summed E-state index contributed by atoms with van der Waals surface area (Å²) >= 11 is 0. The molecule has 3 N–H and O–H groups in total. The van der Waals surface area contributed by atoms with Crippen LogP contribution in [0.25, 0.3) is 0 Å². The van der Waals surface area contributed by atoms with Crippen LogP contribution in [-0.2, 0) is 15.7 Å². The maximum absolute atomic E-state index is 9.51. The summed E-state index contributed by atoms with van der Waals surface area (Å²) in [5, 5.41) is 9.51. The predicted octanol–water partition coefficient (Wildman–Crippen LogP) is 0.886. The van der Waals surface area contributed by atoms with Crippen LogP contribution in [-0.4, -0.2) is 34.5 Å². The number of nitrogen functional groups attached to an aromatic ring is 1. The molecule has 0 aliphatic carbocycles. The lowest BCUT2D eigenvalue weighted by Gasteiger charge is -2.32. The summed E-state index contributed by atoms with van der Waals surface area (Å²) < 4.78 is 11.9. The molecule has 6 heteroatoms. The van der Waals surface area contributed by atoms with Crippen LogP contribution in [0.4, 0.5) is 5.69 Å². The number of aromatic nitrogens is 1. The quantitative estimate of drug-likeness (QED) is 0.803. The number of nitrogens with zero attached hydrogens (tertiary/aromatic N) is 1. The van der Waals surface area contributed by atoms with Crippen LogP contribution >= 0.6 is 0 Å². The fourth-order valence-electron chi connectivity index (χ4n) is 2.17. The first-order valence-electron chi connectivity index (χ1n) is 6.91. The lowest BCUT2D eigenvalue weighted by Crippen LogP contribution is -2.41. The molecule has 0 aromatic carbocycles. The van der Waals surface area contributed by atoms with Crippen LogP contribution in [0.15, 0.2) is 12.3 Å². The van der Waals surface area contributed by atoms with Gasteiger partial charge in [-0.25, -0.2) is 0 Å². The first-order chi connectivity index (χ1) is 9.14. The highest BCUT2D eigenvalue weighted by atomic mass is 16.7. The van der Waals surface area contributed by atoms with Crippen molar-refractivity contribution in [1.82, 2.24) is 4.98 Å². The van der Waals surface area contributed by atoms with Crippen molar-refractivity contribution in [2.24, 2.45) is 0 Å². The van der Waals surface area contributed by atoms with E-state index in [1.165, 1.54) is 0 Å². The van der Waals surface area contributed by atoms with Gasteiger partial charge < -0.3 is 20.1 Å². The van der Waals surface area contributed by atoms with Crippen molar-refractivity contribution in [3.63, 3.8) is 0 Å². The molecule has 1 atom stereocenters. The van der Waals surface area contributed by atoms with Crippen molar-refractivity contribution in [3.05, 3.63) is 17.8 Å². The second-order valence-corrected chi connectivity index (χ2v) is 6.41. The van der Waals surface area contributed by atoms with Crippen LogP contribution in [0, 0.1) is 0 Å². The van der Waals surface area contributed by atoms with Gasteiger partial charge in [-0.05, 0) is 46.2 Å². The van der Waals surface area contributed by atoms with Gasteiger partial charge in [-0.3, -0.25) is 4.98 Å². The largest absolute Gasteiger partial charge is 0.516 e. The van der Waals surface area contributed by atoms with Crippen LogP contribution in [0.2, 0.25) is 0 Å². The average molecular weight is 278 g/mol. The Morgan fingerprint density at radius 2 is 1.85 bits per heavy atom. The van der Waals surface area contributed by atoms with Gasteiger partial charge in [0.05, 0.1) is 28.6 Å². The van der Waals surface area contributed by atoms with E-state index in [2.05, 4.69) is 4.98 Å². The molecule has 0 radical (unpaired) electrons. The highest BCUT2D eigenvalue weighted by molar-refractivity contribution is 6.62. The zero-order valence-corrected chi connectivity index (χ0v) is 12.8. The first-order valence-corrected chi connectivity index (χ1v) is 6.91. The summed E-state index contributed by atoms with van der Waals surface area (Å²) in [4.78, 5) is 4.30. The van der Waals surface area contributed by atoms with Crippen LogP contribution in [0.5, 0.6) is 0 Å². The molecular weight excluding hydrogens is 255 g/mol. The van der Waals surface area contributed by atoms with Crippen molar-refractivity contribution in [1.29, 1.82) is 0 Å². The Morgan fingerprint density at radius 3 is 2.35 bits per heavy atom. The third kappa shape index (κ3) is 2.68. The van der Waals surface area contributed by atoms with Gasteiger partial charge in [0, 0.05) is 12.6 Å². The van der Waals surface area contributed by atoms with Gasteiger partial charge in [-0.15, -0.1) is 0 Å². The Bertz CT molecular complexity index is 487. The van der Waals surface area contributed by atoms with Gasteiger partial charge in [0.2, 0.25) is 0 Å². The minimum atomic E-state index is -0.575. The summed E-state index contributed by atoms with van der Waals surface area (Å²) in [7, 11) is -0.575. The highest BCUT2D eigenvalue weighted by Gasteiger charge is 2.53. The summed E-state index contributed by atoms with van der Waals surface area (Å²) in [5.74, 6) is 0. The maximum Gasteiger partial charge on any atom is 0.516 e. The molecular formula is C14H23BN2O3. The highest BCUT2D eigenvalue weighted by Crippen LogP contribution is 2.36. The minimum absolute atomic E-state index is 0.425. The number of anilines is 1. The van der Waals surface area contributed by atoms with Gasteiger partial charge in [0.15, 0.2) is 0 Å². The third-order valence-electron chi connectivity index (χ3n) is 4.10. The zero-order valence-electron chi connectivity index (χ0n) is 12.8. The Labute approximate surface area is 120 Å². The molecule has 1 aliphatic rings. The smallest absolute Gasteiger partial charge is 0.398 e. The average Bonchev–Trinajstić information content (AvgIpc) is 2.50. The molecule has 0 spiro atoms. The molecule has 1 aromatic rings. The zero-order chi connectivity index (χ0) is 15.1. The molecule has 2 heterocycles. The van der Waals surface area contributed by atoms with Crippen molar-refractivity contribution < 1.29 is 14.4 Å². The molecule has 0 bridgehead atoms. The monoisotopic (exact) mass is 278 g/mol. The summed E-state index contributed by atoms with van der Waals surface area (Å²) in [6.45, 7) is 9.69. The van der Waals surface area contributed by atoms with Crippen LogP contribution in [0.3, 0.4) is 0 Å². The predicted molar refractivity (Wildman–Crippen MR) is 79.8 cm³/mol. The lowest BCUT2D eigenvalue weighted by atomic mass is 9.81. The molecule has 2 rings (SSSR count). The molecule has 1 aromatic heterocycles. The van der Waals surface area contributed by atoms with Gasteiger partial charge >= 0.3 is 7.12 Å². The molecule has 5 nitrogen and oxygen atoms in total. The topological polar surface area (TPSA) is 77.6 Å². The van der Waals surface area contributed by atoms with Crippen LogP contribution < -0.4 is 11.3 Å². The van der Waals surface area contributed by atoms with Gasteiger partial charge in [0.1, 0.15) is 0 Å². The van der Waals surface area contributed by atoms with E-state index in [1.54, 1.807) is 13.1 Å². The Hall–Kier alpha value is -1.11. The van der Waals surface area contributed by atoms with Gasteiger partial charge in [-0.2, -0.15) is 0 Å². The fourth-order valence-corrected chi connectivity index (χ4v) is 2.17. The summed E-state index contributed by atoms with van der Waals surface area (Å²) in [6, 6.07) is 1.82. The molecule has 0 amide bonds. The molecule has 110 valence electrons.